The minimum Gasteiger partial charge on any atom is -0.377 e. The Bertz CT molecular complexity index is 717. The number of nitrogens with zero attached hydrogens (tertiary/aromatic N) is 5. The number of hydrogen-bond acceptors (Lipinski definition) is 7. The Morgan fingerprint density at radius 2 is 2.00 bits per heavy atom. The van der Waals surface area contributed by atoms with E-state index in [-0.39, 0.29) is 0 Å². The highest BCUT2D eigenvalue weighted by Crippen LogP contribution is 2.25. The van der Waals surface area contributed by atoms with Crippen molar-refractivity contribution in [2.75, 3.05) is 50.9 Å². The van der Waals surface area contributed by atoms with Crippen molar-refractivity contribution in [1.82, 2.24) is 19.9 Å². The van der Waals surface area contributed by atoms with Crippen LogP contribution in [0.4, 0.5) is 10.3 Å². The molecule has 1 spiro atoms. The summed E-state index contributed by atoms with van der Waals surface area (Å²) in [5.74, 6) is 0.0919. The van der Waals surface area contributed by atoms with Gasteiger partial charge in [0, 0.05) is 38.6 Å². The summed E-state index contributed by atoms with van der Waals surface area (Å²) >= 11 is 0. The molecule has 2 aliphatic heterocycles. The molecule has 0 bridgehead atoms. The molecule has 138 valence electrons. The van der Waals surface area contributed by atoms with Crippen molar-refractivity contribution in [3.05, 3.63) is 48.3 Å². The third-order valence-corrected chi connectivity index (χ3v) is 4.70. The van der Waals surface area contributed by atoms with Gasteiger partial charge in [-0.1, -0.05) is 6.07 Å². The highest BCUT2D eigenvalue weighted by atomic mass is 19.1. The first-order chi connectivity index (χ1) is 12.7. The van der Waals surface area contributed by atoms with E-state index < -0.39 is 11.4 Å². The van der Waals surface area contributed by atoms with Crippen molar-refractivity contribution in [1.29, 1.82) is 0 Å². The minimum atomic E-state index is -0.450. The monoisotopic (exact) mass is 359 g/mol. The first kappa shape index (κ1) is 17.3. The summed E-state index contributed by atoms with van der Waals surface area (Å²) in [6, 6.07) is 4.02. The minimum absolute atomic E-state index is 0.433. The third-order valence-electron chi connectivity index (χ3n) is 4.70. The molecule has 2 fully saturated rings. The molecule has 7 nitrogen and oxygen atoms in total. The summed E-state index contributed by atoms with van der Waals surface area (Å²) in [5, 5.41) is 0. The van der Waals surface area contributed by atoms with E-state index in [0.29, 0.717) is 38.9 Å². The van der Waals surface area contributed by atoms with Gasteiger partial charge in [-0.05, 0) is 11.6 Å². The molecule has 0 aromatic carbocycles. The molecule has 0 aliphatic carbocycles. The summed E-state index contributed by atoms with van der Waals surface area (Å²) in [6.07, 6.45) is 6.06. The fourth-order valence-corrected chi connectivity index (χ4v) is 3.54. The van der Waals surface area contributed by atoms with Crippen molar-refractivity contribution < 1.29 is 13.9 Å². The zero-order valence-electron chi connectivity index (χ0n) is 14.6. The lowest BCUT2D eigenvalue weighted by molar-refractivity contribution is -0.100. The maximum atomic E-state index is 13.1. The van der Waals surface area contributed by atoms with Crippen LogP contribution in [0.25, 0.3) is 0 Å². The molecule has 26 heavy (non-hydrogen) atoms. The van der Waals surface area contributed by atoms with E-state index in [1.165, 1.54) is 18.0 Å². The summed E-state index contributed by atoms with van der Waals surface area (Å²) in [7, 11) is 0. The number of anilines is 1. The average molecular weight is 359 g/mol. The van der Waals surface area contributed by atoms with Gasteiger partial charge in [-0.25, -0.2) is 14.4 Å². The van der Waals surface area contributed by atoms with E-state index in [2.05, 4.69) is 25.9 Å². The van der Waals surface area contributed by atoms with Crippen molar-refractivity contribution in [2.45, 2.75) is 12.1 Å². The Balaban J connectivity index is 1.49. The summed E-state index contributed by atoms with van der Waals surface area (Å²) in [6.45, 7) is 5.43. The smallest absolute Gasteiger partial charge is 0.225 e. The number of pyridine rings is 1. The molecule has 8 heteroatoms. The largest absolute Gasteiger partial charge is 0.377 e. The predicted octanol–water partition coefficient (Wildman–Crippen LogP) is 1.12. The highest BCUT2D eigenvalue weighted by molar-refractivity contribution is 5.31. The molecule has 4 heterocycles. The van der Waals surface area contributed by atoms with Crippen molar-refractivity contribution in [3.63, 3.8) is 0 Å². The van der Waals surface area contributed by atoms with Gasteiger partial charge in [0.25, 0.3) is 0 Å². The Morgan fingerprint density at radius 1 is 1.12 bits per heavy atom. The van der Waals surface area contributed by atoms with E-state index in [4.69, 9.17) is 9.47 Å². The molecular weight excluding hydrogens is 337 g/mol. The number of rotatable bonds is 3. The van der Waals surface area contributed by atoms with Gasteiger partial charge in [0.05, 0.1) is 38.8 Å². The maximum Gasteiger partial charge on any atom is 0.225 e. The van der Waals surface area contributed by atoms with E-state index in [1.807, 2.05) is 17.2 Å². The zero-order chi connectivity index (χ0) is 17.8. The van der Waals surface area contributed by atoms with Gasteiger partial charge in [-0.15, -0.1) is 0 Å². The second kappa shape index (κ2) is 7.61. The first-order valence-corrected chi connectivity index (χ1v) is 8.78. The molecule has 0 radical (unpaired) electrons. The quantitative estimate of drug-likeness (QED) is 0.814. The number of halogens is 1. The van der Waals surface area contributed by atoms with E-state index in [1.54, 1.807) is 6.20 Å². The predicted molar refractivity (Wildman–Crippen MR) is 93.2 cm³/mol. The van der Waals surface area contributed by atoms with Crippen molar-refractivity contribution in [2.24, 2.45) is 0 Å². The Labute approximate surface area is 151 Å². The molecule has 1 atom stereocenters. The lowest BCUT2D eigenvalue weighted by Gasteiger charge is -2.43. The second-order valence-corrected chi connectivity index (χ2v) is 6.78. The first-order valence-electron chi connectivity index (χ1n) is 8.78. The SMILES string of the molecule is Fc1cnc(N2CCO[C@]3(COCCN(Cc4cccnc4)C3)C2)nc1. The maximum absolute atomic E-state index is 13.1. The molecule has 0 unspecified atom stereocenters. The molecule has 4 rings (SSSR count). The molecule has 2 aliphatic rings. The fraction of sp³-hybridized carbons (Fsp3) is 0.500. The molecule has 0 saturated carbocycles. The van der Waals surface area contributed by atoms with Crippen LogP contribution in [0.15, 0.2) is 36.9 Å². The Morgan fingerprint density at radius 3 is 2.81 bits per heavy atom. The van der Waals surface area contributed by atoms with Gasteiger partial charge in [-0.2, -0.15) is 0 Å². The van der Waals surface area contributed by atoms with Crippen LogP contribution in [0.2, 0.25) is 0 Å². The standard InChI is InChI=1S/C18H22FN5O2/c19-16-9-21-17(22-10-16)24-5-7-26-18(13-24)12-23(4-6-25-14-18)11-15-2-1-3-20-8-15/h1-3,8-10H,4-7,11-14H2/t18-/m0/s1. The zero-order valence-corrected chi connectivity index (χ0v) is 14.6. The van der Waals surface area contributed by atoms with Gasteiger partial charge < -0.3 is 14.4 Å². The molecule has 0 amide bonds. The summed E-state index contributed by atoms with van der Waals surface area (Å²) in [4.78, 5) is 16.8. The lowest BCUT2D eigenvalue weighted by Crippen LogP contribution is -2.59. The van der Waals surface area contributed by atoms with Gasteiger partial charge in [-0.3, -0.25) is 9.88 Å². The van der Waals surface area contributed by atoms with Crippen LogP contribution in [0.5, 0.6) is 0 Å². The summed E-state index contributed by atoms with van der Waals surface area (Å²) in [5.41, 5.74) is 0.716. The second-order valence-electron chi connectivity index (χ2n) is 6.78. The Hall–Kier alpha value is -2.16. The van der Waals surface area contributed by atoms with Crippen LogP contribution in [-0.2, 0) is 16.0 Å². The highest BCUT2D eigenvalue weighted by Gasteiger charge is 2.41. The van der Waals surface area contributed by atoms with E-state index in [0.717, 1.165) is 19.6 Å². The molecule has 2 aromatic rings. The normalized spacial score (nSPS) is 24.6. The van der Waals surface area contributed by atoms with Crippen LogP contribution < -0.4 is 4.90 Å². The molecule has 2 aromatic heterocycles. The molecule has 2 saturated heterocycles. The average Bonchev–Trinajstić information content (AvgIpc) is 2.85. The number of ether oxygens (including phenoxy) is 2. The van der Waals surface area contributed by atoms with Crippen LogP contribution in [0.3, 0.4) is 0 Å². The molecule has 0 N–H and O–H groups in total. The van der Waals surface area contributed by atoms with Gasteiger partial charge in [0.1, 0.15) is 5.60 Å². The van der Waals surface area contributed by atoms with Gasteiger partial charge >= 0.3 is 0 Å². The van der Waals surface area contributed by atoms with Crippen molar-refractivity contribution in [3.8, 4) is 0 Å². The van der Waals surface area contributed by atoms with Crippen LogP contribution in [0, 0.1) is 5.82 Å². The lowest BCUT2D eigenvalue weighted by atomic mass is 10.0. The van der Waals surface area contributed by atoms with Crippen LogP contribution in [-0.4, -0.2) is 71.5 Å². The van der Waals surface area contributed by atoms with Crippen molar-refractivity contribution >= 4 is 5.95 Å². The van der Waals surface area contributed by atoms with Crippen LogP contribution in [0.1, 0.15) is 5.56 Å². The van der Waals surface area contributed by atoms with E-state index >= 15 is 0 Å². The van der Waals surface area contributed by atoms with Gasteiger partial charge in [0.15, 0.2) is 5.82 Å². The number of morpholine rings is 1. The van der Waals surface area contributed by atoms with E-state index in [9.17, 15) is 4.39 Å². The fourth-order valence-electron chi connectivity index (χ4n) is 3.54. The van der Waals surface area contributed by atoms with Gasteiger partial charge in [0.2, 0.25) is 5.95 Å². The Kier molecular flexibility index (Phi) is 5.05. The molecular formula is C18H22FN5O2. The summed E-state index contributed by atoms with van der Waals surface area (Å²) < 4.78 is 25.1. The third kappa shape index (κ3) is 3.98. The number of aromatic nitrogens is 3. The van der Waals surface area contributed by atoms with Crippen LogP contribution >= 0.6 is 0 Å². The topological polar surface area (TPSA) is 63.6 Å². The number of hydrogen-bond donors (Lipinski definition) is 0.